The smallest absolute Gasteiger partial charge is 0.189 e. The summed E-state index contributed by atoms with van der Waals surface area (Å²) in [4.78, 5) is 13.9. The second-order valence-corrected chi connectivity index (χ2v) is 7.02. The first kappa shape index (κ1) is 15.5. The van der Waals surface area contributed by atoms with Gasteiger partial charge in [-0.15, -0.1) is 0 Å². The van der Waals surface area contributed by atoms with E-state index in [2.05, 4.69) is 35.7 Å². The molecule has 7 heteroatoms. The Kier molecular flexibility index (Phi) is 5.37. The zero-order valence-electron chi connectivity index (χ0n) is 12.3. The molecular weight excluding hydrogens is 352 g/mol. The van der Waals surface area contributed by atoms with E-state index in [1.807, 2.05) is 12.5 Å². The molecule has 1 aromatic rings. The predicted octanol–water partition coefficient (Wildman–Crippen LogP) is 2.26. The number of anilines is 1. The fourth-order valence-corrected chi connectivity index (χ4v) is 3.83. The van der Waals surface area contributed by atoms with Crippen molar-refractivity contribution in [2.45, 2.75) is 24.0 Å². The van der Waals surface area contributed by atoms with E-state index in [9.17, 15) is 0 Å². The normalized spacial score (nSPS) is 21.7. The van der Waals surface area contributed by atoms with Crippen molar-refractivity contribution in [1.29, 1.82) is 0 Å². The number of hydrogen-bond donors (Lipinski definition) is 0. The van der Waals surface area contributed by atoms with Gasteiger partial charge in [-0.3, -0.25) is 4.90 Å². The van der Waals surface area contributed by atoms with E-state index in [1.54, 1.807) is 11.8 Å². The van der Waals surface area contributed by atoms with Gasteiger partial charge in [0, 0.05) is 38.4 Å². The lowest BCUT2D eigenvalue weighted by Crippen LogP contribution is -2.49. The molecule has 0 aliphatic carbocycles. The molecule has 0 amide bonds. The first-order chi connectivity index (χ1) is 10.3. The molecule has 21 heavy (non-hydrogen) atoms. The van der Waals surface area contributed by atoms with Crippen molar-refractivity contribution in [2.24, 2.45) is 0 Å². The Hall–Kier alpha value is -0.370. The summed E-state index contributed by atoms with van der Waals surface area (Å²) in [5.74, 6) is 1.04. The van der Waals surface area contributed by atoms with Gasteiger partial charge in [-0.05, 0) is 35.0 Å². The molecule has 1 aromatic heterocycles. The summed E-state index contributed by atoms with van der Waals surface area (Å²) in [5, 5.41) is 0.837. The second kappa shape index (κ2) is 7.26. The van der Waals surface area contributed by atoms with Crippen LogP contribution in [0.5, 0.6) is 0 Å². The molecule has 2 fully saturated rings. The largest absolute Gasteiger partial charge is 0.379 e. The number of nitrogens with zero attached hydrogens (tertiary/aromatic N) is 4. The highest BCUT2D eigenvalue weighted by Crippen LogP contribution is 2.28. The number of hydrogen-bond acceptors (Lipinski definition) is 6. The van der Waals surface area contributed by atoms with Crippen LogP contribution in [0.15, 0.2) is 15.8 Å². The van der Waals surface area contributed by atoms with Crippen LogP contribution in [0.2, 0.25) is 0 Å². The van der Waals surface area contributed by atoms with Crippen LogP contribution in [0.3, 0.4) is 0 Å². The Morgan fingerprint density at radius 1 is 1.24 bits per heavy atom. The Bertz CT molecular complexity index is 476. The van der Waals surface area contributed by atoms with Crippen LogP contribution in [0, 0.1) is 0 Å². The molecule has 0 unspecified atom stereocenters. The van der Waals surface area contributed by atoms with Crippen LogP contribution in [0.1, 0.15) is 12.8 Å². The van der Waals surface area contributed by atoms with E-state index < -0.39 is 0 Å². The number of morpholine rings is 1. The highest BCUT2D eigenvalue weighted by molar-refractivity contribution is 9.10. The minimum atomic E-state index is 0.700. The molecule has 0 aromatic carbocycles. The van der Waals surface area contributed by atoms with E-state index in [0.29, 0.717) is 6.04 Å². The van der Waals surface area contributed by atoms with E-state index >= 15 is 0 Å². The van der Waals surface area contributed by atoms with Gasteiger partial charge in [0.15, 0.2) is 5.16 Å². The molecule has 0 radical (unpaired) electrons. The van der Waals surface area contributed by atoms with E-state index in [4.69, 9.17) is 4.74 Å². The minimum Gasteiger partial charge on any atom is -0.379 e. The van der Waals surface area contributed by atoms with Crippen molar-refractivity contribution < 1.29 is 4.74 Å². The Morgan fingerprint density at radius 3 is 2.62 bits per heavy atom. The van der Waals surface area contributed by atoms with E-state index in [1.165, 1.54) is 12.8 Å². The standard InChI is InChI=1S/C14H21BrN4OS/c1-21-14-16-10-12(15)13(17-14)19-4-2-11(3-5-19)18-6-8-20-9-7-18/h10-11H,2-9H2,1H3. The molecule has 2 aliphatic heterocycles. The minimum absolute atomic E-state index is 0.700. The highest BCUT2D eigenvalue weighted by atomic mass is 79.9. The molecule has 3 rings (SSSR count). The van der Waals surface area contributed by atoms with Gasteiger partial charge in [0.1, 0.15) is 5.82 Å². The predicted molar refractivity (Wildman–Crippen MR) is 89.1 cm³/mol. The lowest BCUT2D eigenvalue weighted by atomic mass is 10.0. The van der Waals surface area contributed by atoms with Crippen LogP contribution >= 0.6 is 27.7 Å². The summed E-state index contributed by atoms with van der Waals surface area (Å²) in [7, 11) is 0. The van der Waals surface area contributed by atoms with Gasteiger partial charge in [-0.1, -0.05) is 11.8 Å². The summed E-state index contributed by atoms with van der Waals surface area (Å²) in [6.07, 6.45) is 6.27. The van der Waals surface area contributed by atoms with E-state index in [-0.39, 0.29) is 0 Å². The summed E-state index contributed by atoms with van der Waals surface area (Å²) in [6, 6.07) is 0.700. The lowest BCUT2D eigenvalue weighted by Gasteiger charge is -2.40. The second-order valence-electron chi connectivity index (χ2n) is 5.39. The van der Waals surface area contributed by atoms with Crippen molar-refractivity contribution in [3.05, 3.63) is 10.7 Å². The Morgan fingerprint density at radius 2 is 1.95 bits per heavy atom. The topological polar surface area (TPSA) is 41.5 Å². The Balaban J connectivity index is 1.62. The number of halogens is 1. The van der Waals surface area contributed by atoms with Crippen LogP contribution in [-0.4, -0.2) is 66.6 Å². The van der Waals surface area contributed by atoms with Gasteiger partial charge < -0.3 is 9.64 Å². The highest BCUT2D eigenvalue weighted by Gasteiger charge is 2.27. The summed E-state index contributed by atoms with van der Waals surface area (Å²) < 4.78 is 6.44. The average Bonchev–Trinajstić information content (AvgIpc) is 2.56. The SMILES string of the molecule is CSc1ncc(Br)c(N2CCC(N3CCOCC3)CC2)n1. The van der Waals surface area contributed by atoms with Crippen LogP contribution < -0.4 is 4.90 Å². The third-order valence-corrected chi connectivity index (χ3v) is 5.33. The first-order valence-electron chi connectivity index (χ1n) is 7.41. The van der Waals surface area contributed by atoms with Gasteiger partial charge in [-0.2, -0.15) is 0 Å². The van der Waals surface area contributed by atoms with Gasteiger partial charge in [-0.25, -0.2) is 9.97 Å². The number of piperidine rings is 1. The van der Waals surface area contributed by atoms with Crippen molar-refractivity contribution in [3.63, 3.8) is 0 Å². The van der Waals surface area contributed by atoms with Gasteiger partial charge in [0.2, 0.25) is 0 Å². The summed E-state index contributed by atoms with van der Waals surface area (Å²) >= 11 is 5.17. The molecule has 116 valence electrons. The maximum Gasteiger partial charge on any atom is 0.189 e. The summed E-state index contributed by atoms with van der Waals surface area (Å²) in [5.41, 5.74) is 0. The number of rotatable bonds is 3. The number of thioether (sulfide) groups is 1. The van der Waals surface area contributed by atoms with Crippen molar-refractivity contribution in [1.82, 2.24) is 14.9 Å². The van der Waals surface area contributed by atoms with Gasteiger partial charge in [0.25, 0.3) is 0 Å². The monoisotopic (exact) mass is 372 g/mol. The zero-order chi connectivity index (χ0) is 14.7. The molecular formula is C14H21BrN4OS. The Labute approximate surface area is 138 Å². The molecule has 3 heterocycles. The van der Waals surface area contributed by atoms with Crippen molar-refractivity contribution in [2.75, 3.05) is 50.5 Å². The number of aromatic nitrogens is 2. The van der Waals surface area contributed by atoms with Gasteiger partial charge >= 0.3 is 0 Å². The molecule has 2 aliphatic rings. The third-order valence-electron chi connectivity index (χ3n) is 4.21. The fourth-order valence-electron chi connectivity index (χ4n) is 3.05. The van der Waals surface area contributed by atoms with Gasteiger partial charge in [0.05, 0.1) is 17.7 Å². The van der Waals surface area contributed by atoms with Crippen LogP contribution in [-0.2, 0) is 4.74 Å². The van der Waals surface area contributed by atoms with Crippen molar-refractivity contribution in [3.8, 4) is 0 Å². The first-order valence-corrected chi connectivity index (χ1v) is 9.43. The van der Waals surface area contributed by atoms with Crippen molar-refractivity contribution >= 4 is 33.5 Å². The maximum absolute atomic E-state index is 5.44. The van der Waals surface area contributed by atoms with Crippen LogP contribution in [0.25, 0.3) is 0 Å². The molecule has 5 nitrogen and oxygen atoms in total. The lowest BCUT2D eigenvalue weighted by molar-refractivity contribution is 0.0114. The molecule has 0 atom stereocenters. The third kappa shape index (κ3) is 3.70. The molecule has 0 spiro atoms. The molecule has 2 saturated heterocycles. The molecule has 0 N–H and O–H groups in total. The quantitative estimate of drug-likeness (QED) is 0.598. The zero-order valence-corrected chi connectivity index (χ0v) is 14.7. The number of ether oxygens (including phenoxy) is 1. The van der Waals surface area contributed by atoms with Crippen LogP contribution in [0.4, 0.5) is 5.82 Å². The molecule has 0 bridgehead atoms. The summed E-state index contributed by atoms with van der Waals surface area (Å²) in [6.45, 7) is 6.05. The average molecular weight is 373 g/mol. The molecule has 0 saturated carbocycles. The fraction of sp³-hybridized carbons (Fsp3) is 0.714. The van der Waals surface area contributed by atoms with E-state index in [0.717, 1.165) is 54.8 Å². The maximum atomic E-state index is 5.44.